The minimum atomic E-state index is -0.877. The standard InChI is InChI=1S/C15H17NO2S2/c1-9(2)13-14(15(17)18)20-12(16-13)8-19-11-7-5-4-6-10(11)3/h4-7,9H,8H2,1-3H3,(H,17,18). The van der Waals surface area contributed by atoms with Crippen molar-refractivity contribution in [3.8, 4) is 0 Å². The molecule has 0 aliphatic rings. The summed E-state index contributed by atoms with van der Waals surface area (Å²) in [6, 6.07) is 8.18. The first-order valence-corrected chi connectivity index (χ1v) is 8.20. The van der Waals surface area contributed by atoms with Gasteiger partial charge in [-0.05, 0) is 24.5 Å². The molecule has 2 aromatic rings. The van der Waals surface area contributed by atoms with Crippen LogP contribution in [0.25, 0.3) is 0 Å². The molecule has 0 aliphatic heterocycles. The Labute approximate surface area is 127 Å². The molecule has 1 aromatic heterocycles. The molecule has 0 saturated carbocycles. The monoisotopic (exact) mass is 307 g/mol. The Bertz CT molecular complexity index is 620. The first-order chi connectivity index (χ1) is 9.49. The number of thiazole rings is 1. The van der Waals surface area contributed by atoms with Crippen LogP contribution in [0.1, 0.15) is 45.7 Å². The number of thioether (sulfide) groups is 1. The van der Waals surface area contributed by atoms with E-state index in [1.54, 1.807) is 11.8 Å². The van der Waals surface area contributed by atoms with Crippen molar-refractivity contribution in [2.24, 2.45) is 0 Å². The number of nitrogens with zero attached hydrogens (tertiary/aromatic N) is 1. The Kier molecular flexibility index (Phi) is 4.83. The van der Waals surface area contributed by atoms with Crippen molar-refractivity contribution in [3.05, 3.63) is 45.4 Å². The van der Waals surface area contributed by atoms with Crippen LogP contribution in [-0.2, 0) is 5.75 Å². The molecule has 0 fully saturated rings. The van der Waals surface area contributed by atoms with E-state index < -0.39 is 5.97 Å². The van der Waals surface area contributed by atoms with Gasteiger partial charge in [0.2, 0.25) is 0 Å². The number of aryl methyl sites for hydroxylation is 1. The van der Waals surface area contributed by atoms with Crippen LogP contribution in [0.4, 0.5) is 0 Å². The van der Waals surface area contributed by atoms with Gasteiger partial charge in [-0.25, -0.2) is 9.78 Å². The lowest BCUT2D eigenvalue weighted by atomic mass is 10.1. The molecular weight excluding hydrogens is 290 g/mol. The lowest BCUT2D eigenvalue weighted by Gasteiger charge is -2.03. The molecule has 5 heteroatoms. The first-order valence-electron chi connectivity index (χ1n) is 6.40. The van der Waals surface area contributed by atoms with E-state index in [1.807, 2.05) is 26.0 Å². The largest absolute Gasteiger partial charge is 0.477 e. The quantitative estimate of drug-likeness (QED) is 0.822. The van der Waals surface area contributed by atoms with E-state index in [4.69, 9.17) is 0 Å². The molecule has 1 aromatic carbocycles. The average Bonchev–Trinajstić information content (AvgIpc) is 2.82. The van der Waals surface area contributed by atoms with Crippen molar-refractivity contribution in [1.82, 2.24) is 4.98 Å². The number of rotatable bonds is 5. The van der Waals surface area contributed by atoms with Gasteiger partial charge in [0, 0.05) is 4.90 Å². The molecule has 1 heterocycles. The van der Waals surface area contributed by atoms with E-state index in [0.717, 1.165) is 5.01 Å². The highest BCUT2D eigenvalue weighted by Gasteiger charge is 2.19. The van der Waals surface area contributed by atoms with Crippen molar-refractivity contribution < 1.29 is 9.90 Å². The van der Waals surface area contributed by atoms with Gasteiger partial charge in [-0.3, -0.25) is 0 Å². The molecule has 0 saturated heterocycles. The second kappa shape index (κ2) is 6.41. The minimum Gasteiger partial charge on any atom is -0.477 e. The van der Waals surface area contributed by atoms with Gasteiger partial charge in [-0.1, -0.05) is 32.0 Å². The average molecular weight is 307 g/mol. The summed E-state index contributed by atoms with van der Waals surface area (Å²) in [6.07, 6.45) is 0. The molecule has 0 unspecified atom stereocenters. The third kappa shape index (κ3) is 3.41. The number of carboxylic acids is 1. The van der Waals surface area contributed by atoms with E-state index in [1.165, 1.54) is 21.8 Å². The third-order valence-corrected chi connectivity index (χ3v) is 5.31. The zero-order valence-electron chi connectivity index (χ0n) is 11.7. The Hall–Kier alpha value is -1.33. The van der Waals surface area contributed by atoms with Crippen molar-refractivity contribution in [2.75, 3.05) is 0 Å². The molecule has 0 aliphatic carbocycles. The fourth-order valence-corrected chi connectivity index (χ4v) is 3.92. The molecule has 0 radical (unpaired) electrons. The Morgan fingerprint density at radius 2 is 2.10 bits per heavy atom. The highest BCUT2D eigenvalue weighted by Crippen LogP contribution is 2.31. The number of carboxylic acid groups (broad SMARTS) is 1. The van der Waals surface area contributed by atoms with Gasteiger partial charge in [0.05, 0.1) is 11.4 Å². The number of carbonyl (C=O) groups is 1. The summed E-state index contributed by atoms with van der Waals surface area (Å²) in [5.41, 5.74) is 1.93. The van der Waals surface area contributed by atoms with Crippen LogP contribution in [0.2, 0.25) is 0 Å². The second-order valence-electron chi connectivity index (χ2n) is 4.84. The smallest absolute Gasteiger partial charge is 0.347 e. The van der Waals surface area contributed by atoms with Gasteiger partial charge in [-0.2, -0.15) is 0 Å². The molecule has 1 N–H and O–H groups in total. The predicted molar refractivity (Wildman–Crippen MR) is 83.9 cm³/mol. The van der Waals surface area contributed by atoms with Crippen LogP contribution in [0.3, 0.4) is 0 Å². The summed E-state index contributed by atoms with van der Waals surface area (Å²) in [7, 11) is 0. The van der Waals surface area contributed by atoms with E-state index in [2.05, 4.69) is 24.0 Å². The van der Waals surface area contributed by atoms with Gasteiger partial charge in [0.1, 0.15) is 9.88 Å². The maximum atomic E-state index is 11.2. The highest BCUT2D eigenvalue weighted by atomic mass is 32.2. The van der Waals surface area contributed by atoms with Gasteiger partial charge in [-0.15, -0.1) is 23.1 Å². The lowest BCUT2D eigenvalue weighted by molar-refractivity contribution is 0.0700. The Morgan fingerprint density at radius 3 is 2.65 bits per heavy atom. The van der Waals surface area contributed by atoms with E-state index >= 15 is 0 Å². The highest BCUT2D eigenvalue weighted by molar-refractivity contribution is 7.98. The van der Waals surface area contributed by atoms with Crippen LogP contribution >= 0.6 is 23.1 Å². The molecule has 0 atom stereocenters. The van der Waals surface area contributed by atoms with Crippen molar-refractivity contribution in [2.45, 2.75) is 37.3 Å². The number of benzene rings is 1. The van der Waals surface area contributed by atoms with Crippen LogP contribution < -0.4 is 0 Å². The summed E-state index contributed by atoms with van der Waals surface area (Å²) < 4.78 is 0. The Balaban J connectivity index is 2.16. The zero-order valence-corrected chi connectivity index (χ0v) is 13.3. The molecule has 0 amide bonds. The van der Waals surface area contributed by atoms with Crippen molar-refractivity contribution in [3.63, 3.8) is 0 Å². The molecule has 3 nitrogen and oxygen atoms in total. The minimum absolute atomic E-state index is 0.134. The lowest BCUT2D eigenvalue weighted by Crippen LogP contribution is -2.00. The summed E-state index contributed by atoms with van der Waals surface area (Å²) in [6.45, 7) is 6.02. The van der Waals surface area contributed by atoms with Crippen molar-refractivity contribution >= 4 is 29.1 Å². The van der Waals surface area contributed by atoms with Gasteiger partial charge in [0.25, 0.3) is 0 Å². The first kappa shape index (κ1) is 15.1. The van der Waals surface area contributed by atoms with Gasteiger partial charge in [0.15, 0.2) is 0 Å². The summed E-state index contributed by atoms with van der Waals surface area (Å²) in [4.78, 5) is 17.3. The number of hydrogen-bond acceptors (Lipinski definition) is 4. The van der Waals surface area contributed by atoms with Crippen LogP contribution in [-0.4, -0.2) is 16.1 Å². The molecule has 20 heavy (non-hydrogen) atoms. The maximum absolute atomic E-state index is 11.2. The molecule has 0 bridgehead atoms. The zero-order chi connectivity index (χ0) is 14.7. The summed E-state index contributed by atoms with van der Waals surface area (Å²) in [5.74, 6) is -0.0318. The number of aromatic nitrogens is 1. The van der Waals surface area contributed by atoms with Gasteiger partial charge >= 0.3 is 5.97 Å². The number of aromatic carboxylic acids is 1. The molecular formula is C15H17NO2S2. The predicted octanol–water partition coefficient (Wildman–Crippen LogP) is 4.57. The third-order valence-electron chi connectivity index (χ3n) is 2.88. The topological polar surface area (TPSA) is 50.2 Å². The fraction of sp³-hybridized carbons (Fsp3) is 0.333. The van der Waals surface area contributed by atoms with Crippen LogP contribution in [0.5, 0.6) is 0 Å². The normalized spacial score (nSPS) is 11.0. The summed E-state index contributed by atoms with van der Waals surface area (Å²) >= 11 is 2.99. The van der Waals surface area contributed by atoms with Gasteiger partial charge < -0.3 is 5.11 Å². The van der Waals surface area contributed by atoms with E-state index in [9.17, 15) is 9.90 Å². The molecule has 0 spiro atoms. The molecule has 106 valence electrons. The number of hydrogen-bond donors (Lipinski definition) is 1. The van der Waals surface area contributed by atoms with Crippen molar-refractivity contribution in [1.29, 1.82) is 0 Å². The maximum Gasteiger partial charge on any atom is 0.347 e. The van der Waals surface area contributed by atoms with E-state index in [0.29, 0.717) is 16.3 Å². The molecule has 2 rings (SSSR count). The SMILES string of the molecule is Cc1ccccc1SCc1nc(C(C)C)c(C(=O)O)s1. The Morgan fingerprint density at radius 1 is 1.40 bits per heavy atom. The van der Waals surface area contributed by atoms with Crippen LogP contribution in [0.15, 0.2) is 29.2 Å². The fourth-order valence-electron chi connectivity index (χ4n) is 1.84. The van der Waals surface area contributed by atoms with Crippen LogP contribution in [0, 0.1) is 6.92 Å². The van der Waals surface area contributed by atoms with E-state index in [-0.39, 0.29) is 5.92 Å². The second-order valence-corrected chi connectivity index (χ2v) is 6.94. The summed E-state index contributed by atoms with van der Waals surface area (Å²) in [5, 5.41) is 10.1.